The van der Waals surface area contributed by atoms with E-state index >= 15 is 0 Å². The number of rotatable bonds is 1. The molecule has 0 aliphatic rings. The van der Waals surface area contributed by atoms with Gasteiger partial charge in [0.1, 0.15) is 0 Å². The maximum Gasteiger partial charge on any atom is 0.482 e. The Bertz CT molecular complexity index is 760. The summed E-state index contributed by atoms with van der Waals surface area (Å²) in [5, 5.41) is 9.94. The highest BCUT2D eigenvalue weighted by Crippen LogP contribution is 2.38. The number of nitrogens with zero attached hydrogens (tertiary/aromatic N) is 2. The van der Waals surface area contributed by atoms with Gasteiger partial charge >= 0.3 is 16.6 Å². The predicted octanol–water partition coefficient (Wildman–Crippen LogP) is 2.78. The van der Waals surface area contributed by atoms with Crippen molar-refractivity contribution in [3.8, 4) is 11.8 Å². The zero-order valence-corrected chi connectivity index (χ0v) is 10.6. The van der Waals surface area contributed by atoms with E-state index < -0.39 is 0 Å². The van der Waals surface area contributed by atoms with E-state index in [1.165, 1.54) is 0 Å². The lowest BCUT2D eigenvalue weighted by molar-refractivity contribution is 0.624. The van der Waals surface area contributed by atoms with E-state index in [1.54, 1.807) is 23.6 Å². The monoisotopic (exact) mass is 252 g/mol. The molecular formula is C12H5AlN2OS. The van der Waals surface area contributed by atoms with Crippen molar-refractivity contribution in [2.45, 2.75) is 0 Å². The molecule has 5 heteroatoms. The van der Waals surface area contributed by atoms with E-state index in [0.29, 0.717) is 11.3 Å². The van der Waals surface area contributed by atoms with E-state index in [0.717, 1.165) is 20.3 Å². The van der Waals surface area contributed by atoms with Gasteiger partial charge in [-0.1, -0.05) is 0 Å². The summed E-state index contributed by atoms with van der Waals surface area (Å²) in [5.41, 5.74) is 1.52. The minimum absolute atomic E-state index is 0.599. The van der Waals surface area contributed by atoms with Gasteiger partial charge in [-0.15, -0.1) is 11.3 Å². The second kappa shape index (κ2) is 4.01. The summed E-state index contributed by atoms with van der Waals surface area (Å²) in [6.07, 6.45) is 1.76. The molecule has 78 valence electrons. The maximum absolute atomic E-state index is 8.97. The fraction of sp³-hybridized carbons (Fsp3) is 0. The molecule has 3 rings (SSSR count). The summed E-state index contributed by atoms with van der Waals surface area (Å²) in [4.78, 5) is 4.37. The molecule has 0 amide bonds. The van der Waals surface area contributed by atoms with Crippen LogP contribution < -0.4 is 3.79 Å². The topological polar surface area (TPSA) is 45.9 Å². The Morgan fingerprint density at radius 3 is 3.00 bits per heavy atom. The number of pyridine rings is 1. The Morgan fingerprint density at radius 2 is 2.24 bits per heavy atom. The highest BCUT2D eigenvalue weighted by atomic mass is 32.1. The third-order valence-electron chi connectivity index (χ3n) is 2.55. The molecule has 3 nitrogen and oxygen atoms in total. The van der Waals surface area contributed by atoms with Crippen molar-refractivity contribution in [3.63, 3.8) is 0 Å². The number of benzene rings is 1. The largest absolute Gasteiger partial charge is 0.653 e. The van der Waals surface area contributed by atoms with E-state index in [1.807, 2.05) is 18.2 Å². The molecule has 17 heavy (non-hydrogen) atoms. The lowest BCUT2D eigenvalue weighted by atomic mass is 10.1. The number of hydrogen-bond donors (Lipinski definition) is 0. The Balaban J connectivity index is 2.53. The molecule has 0 unspecified atom stereocenters. The molecule has 0 N–H and O–H groups in total. The lowest BCUT2D eigenvalue weighted by Gasteiger charge is -2.05. The molecule has 0 atom stereocenters. The number of nitriles is 1. The van der Waals surface area contributed by atoms with Crippen LogP contribution in [0.25, 0.3) is 20.3 Å². The van der Waals surface area contributed by atoms with E-state index in [2.05, 4.69) is 27.7 Å². The first kappa shape index (κ1) is 10.6. The normalized spacial score (nSPS) is 10.5. The summed E-state index contributed by atoms with van der Waals surface area (Å²) < 4.78 is 7.39. The van der Waals surface area contributed by atoms with Crippen LogP contribution in [-0.4, -0.2) is 21.6 Å². The fourth-order valence-corrected chi connectivity index (χ4v) is 3.15. The van der Waals surface area contributed by atoms with Gasteiger partial charge in [-0.05, 0) is 24.3 Å². The Labute approximate surface area is 110 Å². The van der Waals surface area contributed by atoms with Gasteiger partial charge in [-0.2, -0.15) is 5.26 Å². The van der Waals surface area contributed by atoms with Gasteiger partial charge in [0.2, 0.25) is 0 Å². The van der Waals surface area contributed by atoms with Crippen molar-refractivity contribution in [2.24, 2.45) is 0 Å². The van der Waals surface area contributed by atoms with E-state index in [-0.39, 0.29) is 0 Å². The molecule has 0 saturated heterocycles. The fourth-order valence-electron chi connectivity index (χ4n) is 1.84. The molecule has 3 aromatic rings. The van der Waals surface area contributed by atoms with Gasteiger partial charge < -0.3 is 3.79 Å². The van der Waals surface area contributed by atoms with Crippen LogP contribution in [0.2, 0.25) is 0 Å². The van der Waals surface area contributed by atoms with E-state index in [9.17, 15) is 0 Å². The first-order valence-corrected chi connectivity index (χ1v) is 6.20. The first-order chi connectivity index (χ1) is 8.33. The van der Waals surface area contributed by atoms with Gasteiger partial charge in [0.25, 0.3) is 0 Å². The van der Waals surface area contributed by atoms with Crippen LogP contribution in [0, 0.1) is 11.3 Å². The Hall–Kier alpha value is -1.59. The number of thiophene rings is 1. The van der Waals surface area contributed by atoms with Crippen molar-refractivity contribution in [1.82, 2.24) is 4.98 Å². The minimum atomic E-state index is 0.599. The van der Waals surface area contributed by atoms with Gasteiger partial charge in [0.05, 0.1) is 33.0 Å². The van der Waals surface area contributed by atoms with Crippen molar-refractivity contribution in [2.75, 3.05) is 0 Å². The molecule has 2 heterocycles. The molecule has 0 saturated carbocycles. The number of hydrogen-bond acceptors (Lipinski definition) is 4. The van der Waals surface area contributed by atoms with Gasteiger partial charge in [0, 0.05) is 10.9 Å². The Kier molecular flexibility index (Phi) is 2.49. The van der Waals surface area contributed by atoms with Gasteiger partial charge in [0.15, 0.2) is 0 Å². The molecular weight excluding hydrogens is 247 g/mol. The summed E-state index contributed by atoms with van der Waals surface area (Å²) in [6.45, 7) is 0. The number of aromatic nitrogens is 1. The van der Waals surface area contributed by atoms with Crippen LogP contribution in [-0.2, 0) is 0 Å². The van der Waals surface area contributed by atoms with Crippen molar-refractivity contribution >= 4 is 48.3 Å². The highest BCUT2D eigenvalue weighted by Gasteiger charge is 2.11. The van der Waals surface area contributed by atoms with Crippen molar-refractivity contribution < 1.29 is 3.79 Å². The number of fused-ring (bicyclic) bond motifs is 3. The van der Waals surface area contributed by atoms with Crippen LogP contribution in [0.4, 0.5) is 0 Å². The van der Waals surface area contributed by atoms with Gasteiger partial charge in [-0.25, -0.2) is 0 Å². The smallest absolute Gasteiger partial charge is 0.482 e. The van der Waals surface area contributed by atoms with Crippen molar-refractivity contribution in [1.29, 1.82) is 5.26 Å². The molecule has 1 aromatic carbocycles. The van der Waals surface area contributed by atoms with E-state index in [4.69, 9.17) is 9.05 Å². The molecule has 2 aromatic heterocycles. The van der Waals surface area contributed by atoms with Crippen molar-refractivity contribution in [3.05, 3.63) is 36.0 Å². The average molecular weight is 252 g/mol. The zero-order valence-electron chi connectivity index (χ0n) is 8.68. The minimum Gasteiger partial charge on any atom is -0.653 e. The quantitative estimate of drug-likeness (QED) is 0.625. The lowest BCUT2D eigenvalue weighted by Crippen LogP contribution is -1.87. The maximum atomic E-state index is 8.97. The standard InChI is InChI=1S/C12H6N2OS.Al/c13-6-7-4-8(15)11-10(5-7)16-9-2-1-3-14-12(9)11;/h1-5,15H;/q;+1/p-1. The molecule has 2 radical (unpaired) electrons. The molecule has 0 fully saturated rings. The molecule has 0 bridgehead atoms. The molecule has 0 spiro atoms. The third-order valence-corrected chi connectivity index (χ3v) is 3.89. The van der Waals surface area contributed by atoms with Crippen LogP contribution in [0.5, 0.6) is 5.75 Å². The molecule has 0 aliphatic heterocycles. The summed E-state index contributed by atoms with van der Waals surface area (Å²) in [6, 6.07) is 9.66. The summed E-state index contributed by atoms with van der Waals surface area (Å²) in [7, 11) is 0. The zero-order chi connectivity index (χ0) is 11.8. The highest BCUT2D eigenvalue weighted by molar-refractivity contribution is 7.25. The molecule has 0 aliphatic carbocycles. The van der Waals surface area contributed by atoms with Gasteiger partial charge in [-0.3, -0.25) is 4.98 Å². The first-order valence-electron chi connectivity index (χ1n) is 4.91. The average Bonchev–Trinajstić information content (AvgIpc) is 2.75. The van der Waals surface area contributed by atoms with Crippen LogP contribution in [0.15, 0.2) is 30.5 Å². The SMILES string of the molecule is N#Cc1cc([O][Al])c2c(c1)sc1cccnc12. The predicted molar refractivity (Wildman–Crippen MR) is 68.2 cm³/mol. The van der Waals surface area contributed by atoms with Crippen LogP contribution in [0.1, 0.15) is 5.56 Å². The second-order valence-corrected chi connectivity index (χ2v) is 4.85. The third kappa shape index (κ3) is 1.59. The summed E-state index contributed by atoms with van der Waals surface area (Å²) >= 11 is 3.84. The second-order valence-electron chi connectivity index (χ2n) is 3.53. The summed E-state index contributed by atoms with van der Waals surface area (Å²) in [5.74, 6) is 0.675. The van der Waals surface area contributed by atoms with Crippen LogP contribution in [0.3, 0.4) is 0 Å². The Morgan fingerprint density at radius 1 is 1.35 bits per heavy atom. The van der Waals surface area contributed by atoms with Crippen LogP contribution >= 0.6 is 11.3 Å².